The van der Waals surface area contributed by atoms with E-state index in [0.29, 0.717) is 17.9 Å². The van der Waals surface area contributed by atoms with Crippen LogP contribution in [-0.2, 0) is 17.8 Å². The maximum atomic E-state index is 13.1. The number of carbonyl (C=O) groups is 1. The standard InChI is InChI=1S/C24H24N2O3S/c1-18(13-23-7-4-12-30-23)26(16-19-8-10-21(28-2)11-9-19)24(27)17-29-22-6-3-5-20(14-22)15-25/h3-12,14,18H,13,16-17H2,1-2H3/t18-/m1/s1. The fraction of sp³-hybridized carbons (Fsp3) is 0.250. The fourth-order valence-corrected chi connectivity index (χ4v) is 3.96. The molecule has 0 bridgehead atoms. The van der Waals surface area contributed by atoms with Crippen LogP contribution in [0.5, 0.6) is 11.5 Å². The molecule has 0 saturated heterocycles. The molecule has 0 aliphatic rings. The molecule has 1 atom stereocenters. The molecule has 0 radical (unpaired) electrons. The second-order valence-electron chi connectivity index (χ2n) is 6.93. The average Bonchev–Trinajstić information content (AvgIpc) is 3.29. The number of carbonyl (C=O) groups excluding carboxylic acids is 1. The summed E-state index contributed by atoms with van der Waals surface area (Å²) >= 11 is 1.69. The van der Waals surface area contributed by atoms with E-state index >= 15 is 0 Å². The number of hydrogen-bond acceptors (Lipinski definition) is 5. The van der Waals surface area contributed by atoms with Gasteiger partial charge in [-0.2, -0.15) is 5.26 Å². The van der Waals surface area contributed by atoms with Gasteiger partial charge in [-0.25, -0.2) is 0 Å². The van der Waals surface area contributed by atoms with Crippen LogP contribution >= 0.6 is 11.3 Å². The lowest BCUT2D eigenvalue weighted by molar-refractivity contribution is -0.136. The van der Waals surface area contributed by atoms with Crippen LogP contribution in [0.4, 0.5) is 0 Å². The van der Waals surface area contributed by atoms with Crippen LogP contribution in [0.2, 0.25) is 0 Å². The van der Waals surface area contributed by atoms with E-state index in [1.54, 1.807) is 42.7 Å². The van der Waals surface area contributed by atoms with E-state index in [4.69, 9.17) is 14.7 Å². The monoisotopic (exact) mass is 420 g/mol. The summed E-state index contributed by atoms with van der Waals surface area (Å²) in [7, 11) is 1.63. The number of nitrogens with zero attached hydrogens (tertiary/aromatic N) is 2. The Kier molecular flexibility index (Phi) is 7.47. The van der Waals surface area contributed by atoms with Gasteiger partial charge in [0.25, 0.3) is 5.91 Å². The van der Waals surface area contributed by atoms with E-state index in [9.17, 15) is 4.79 Å². The van der Waals surface area contributed by atoms with E-state index < -0.39 is 0 Å². The van der Waals surface area contributed by atoms with Gasteiger partial charge in [-0.15, -0.1) is 11.3 Å². The zero-order valence-electron chi connectivity index (χ0n) is 17.1. The van der Waals surface area contributed by atoms with Gasteiger partial charge in [-0.1, -0.05) is 24.3 Å². The molecule has 1 amide bonds. The van der Waals surface area contributed by atoms with Gasteiger partial charge < -0.3 is 14.4 Å². The molecular formula is C24H24N2O3S. The van der Waals surface area contributed by atoms with E-state index in [1.165, 1.54) is 4.88 Å². The Labute approximate surface area is 181 Å². The topological polar surface area (TPSA) is 62.6 Å². The second-order valence-corrected chi connectivity index (χ2v) is 7.96. The van der Waals surface area contributed by atoms with E-state index in [1.807, 2.05) is 40.6 Å². The molecule has 3 rings (SSSR count). The van der Waals surface area contributed by atoms with E-state index in [0.717, 1.165) is 17.7 Å². The molecule has 6 heteroatoms. The van der Waals surface area contributed by atoms with Crippen molar-refractivity contribution in [2.75, 3.05) is 13.7 Å². The molecule has 30 heavy (non-hydrogen) atoms. The fourth-order valence-electron chi connectivity index (χ4n) is 3.13. The SMILES string of the molecule is COc1ccc(CN(C(=O)COc2cccc(C#N)c2)[C@H](C)Cc2cccs2)cc1. The highest BCUT2D eigenvalue weighted by Crippen LogP contribution is 2.19. The molecule has 0 saturated carbocycles. The highest BCUT2D eigenvalue weighted by atomic mass is 32.1. The minimum absolute atomic E-state index is 0.00675. The van der Waals surface area contributed by atoms with Crippen molar-refractivity contribution in [1.82, 2.24) is 4.90 Å². The van der Waals surface area contributed by atoms with Crippen molar-refractivity contribution >= 4 is 17.2 Å². The summed E-state index contributed by atoms with van der Waals surface area (Å²) in [6.45, 7) is 2.45. The molecular weight excluding hydrogens is 396 g/mol. The number of nitriles is 1. The smallest absolute Gasteiger partial charge is 0.261 e. The van der Waals surface area contributed by atoms with Gasteiger partial charge in [-0.3, -0.25) is 4.79 Å². The Balaban J connectivity index is 1.72. The molecule has 0 aliphatic carbocycles. The lowest BCUT2D eigenvalue weighted by Crippen LogP contribution is -2.41. The predicted octanol–water partition coefficient (Wildman–Crippen LogP) is 4.67. The van der Waals surface area contributed by atoms with Gasteiger partial charge >= 0.3 is 0 Å². The van der Waals surface area contributed by atoms with Crippen molar-refractivity contribution in [2.45, 2.75) is 25.9 Å². The molecule has 3 aromatic rings. The minimum atomic E-state index is -0.0998. The van der Waals surface area contributed by atoms with Crippen molar-refractivity contribution in [3.63, 3.8) is 0 Å². The van der Waals surface area contributed by atoms with E-state index in [-0.39, 0.29) is 18.6 Å². The molecule has 5 nitrogen and oxygen atoms in total. The van der Waals surface area contributed by atoms with Gasteiger partial charge in [0.2, 0.25) is 0 Å². The maximum absolute atomic E-state index is 13.1. The van der Waals surface area contributed by atoms with Crippen molar-refractivity contribution in [3.8, 4) is 17.6 Å². The lowest BCUT2D eigenvalue weighted by atomic mass is 10.1. The van der Waals surface area contributed by atoms with Crippen molar-refractivity contribution in [3.05, 3.63) is 82.0 Å². The Morgan fingerprint density at radius 1 is 1.13 bits per heavy atom. The summed E-state index contributed by atoms with van der Waals surface area (Å²) in [5, 5.41) is 11.1. The predicted molar refractivity (Wildman–Crippen MR) is 118 cm³/mol. The number of amides is 1. The molecule has 0 unspecified atom stereocenters. The Hall–Kier alpha value is -3.30. The largest absolute Gasteiger partial charge is 0.497 e. The first kappa shape index (κ1) is 21.4. The molecule has 0 spiro atoms. The normalized spacial score (nSPS) is 11.4. The number of methoxy groups -OCH3 is 1. The van der Waals surface area contributed by atoms with Crippen LogP contribution in [0.25, 0.3) is 0 Å². The van der Waals surface area contributed by atoms with Gasteiger partial charge in [0.05, 0.1) is 18.7 Å². The Morgan fingerprint density at radius 2 is 1.93 bits per heavy atom. The molecule has 154 valence electrons. The van der Waals surface area contributed by atoms with Crippen LogP contribution in [0.1, 0.15) is 22.9 Å². The zero-order valence-corrected chi connectivity index (χ0v) is 17.9. The minimum Gasteiger partial charge on any atom is -0.497 e. The van der Waals surface area contributed by atoms with Gasteiger partial charge in [0.1, 0.15) is 11.5 Å². The summed E-state index contributed by atoms with van der Waals surface area (Å²) in [5.41, 5.74) is 1.52. The summed E-state index contributed by atoms with van der Waals surface area (Å²) < 4.78 is 10.9. The summed E-state index contributed by atoms with van der Waals surface area (Å²) in [6.07, 6.45) is 0.781. The second kappa shape index (κ2) is 10.5. The molecule has 0 N–H and O–H groups in total. The first-order valence-electron chi connectivity index (χ1n) is 9.67. The summed E-state index contributed by atoms with van der Waals surface area (Å²) in [6, 6.07) is 20.7. The summed E-state index contributed by atoms with van der Waals surface area (Å²) in [4.78, 5) is 16.2. The highest BCUT2D eigenvalue weighted by Gasteiger charge is 2.22. The summed E-state index contributed by atoms with van der Waals surface area (Å²) in [5.74, 6) is 1.19. The van der Waals surface area contributed by atoms with Crippen LogP contribution < -0.4 is 9.47 Å². The highest BCUT2D eigenvalue weighted by molar-refractivity contribution is 7.09. The number of thiophene rings is 1. The van der Waals surface area contributed by atoms with Gasteiger partial charge in [-0.05, 0) is 54.3 Å². The third-order valence-electron chi connectivity index (χ3n) is 4.77. The number of ether oxygens (including phenoxy) is 2. The third-order valence-corrected chi connectivity index (χ3v) is 5.67. The molecule has 1 heterocycles. The quantitative estimate of drug-likeness (QED) is 0.505. The number of rotatable bonds is 9. The maximum Gasteiger partial charge on any atom is 0.261 e. The first-order chi connectivity index (χ1) is 14.6. The van der Waals surface area contributed by atoms with Crippen LogP contribution in [0.3, 0.4) is 0 Å². The Bertz CT molecular complexity index is 994. The average molecular weight is 421 g/mol. The number of hydrogen-bond donors (Lipinski definition) is 0. The van der Waals surface area contributed by atoms with Crippen molar-refractivity contribution in [1.29, 1.82) is 5.26 Å². The van der Waals surface area contributed by atoms with Gasteiger partial charge in [0, 0.05) is 23.9 Å². The van der Waals surface area contributed by atoms with Gasteiger partial charge in [0.15, 0.2) is 6.61 Å². The van der Waals surface area contributed by atoms with Crippen molar-refractivity contribution < 1.29 is 14.3 Å². The van der Waals surface area contributed by atoms with Crippen LogP contribution in [-0.4, -0.2) is 30.6 Å². The van der Waals surface area contributed by atoms with E-state index in [2.05, 4.69) is 19.1 Å². The van der Waals surface area contributed by atoms with Crippen LogP contribution in [0.15, 0.2) is 66.0 Å². The molecule has 0 aliphatic heterocycles. The van der Waals surface area contributed by atoms with Crippen molar-refractivity contribution in [2.24, 2.45) is 0 Å². The lowest BCUT2D eigenvalue weighted by Gasteiger charge is -2.29. The number of benzene rings is 2. The first-order valence-corrected chi connectivity index (χ1v) is 10.5. The molecule has 0 fully saturated rings. The molecule has 1 aromatic heterocycles. The zero-order chi connectivity index (χ0) is 21.3. The Morgan fingerprint density at radius 3 is 2.60 bits per heavy atom. The molecule has 2 aromatic carbocycles. The third kappa shape index (κ3) is 5.85. The van der Waals surface area contributed by atoms with Crippen LogP contribution in [0, 0.1) is 11.3 Å².